The van der Waals surface area contributed by atoms with E-state index in [0.717, 1.165) is 49.4 Å². The molecule has 6 rings (SSSR count). The van der Waals surface area contributed by atoms with Crippen molar-refractivity contribution in [2.24, 2.45) is 11.3 Å². The van der Waals surface area contributed by atoms with Gasteiger partial charge in [-0.2, -0.15) is 0 Å². The molecule has 1 saturated heterocycles. The molecule has 0 unspecified atom stereocenters. The molecule has 7 nitrogen and oxygen atoms in total. The Morgan fingerprint density at radius 1 is 1.08 bits per heavy atom. The maximum absolute atomic E-state index is 14.0. The first-order valence-corrected chi connectivity index (χ1v) is 15.0. The van der Waals surface area contributed by atoms with Gasteiger partial charge in [0.25, 0.3) is 0 Å². The van der Waals surface area contributed by atoms with Crippen molar-refractivity contribution in [1.29, 1.82) is 0 Å². The molecule has 3 fully saturated rings. The van der Waals surface area contributed by atoms with Gasteiger partial charge in [-0.3, -0.25) is 19.2 Å². The lowest BCUT2D eigenvalue weighted by molar-refractivity contribution is -0.139. The number of hydrogen-bond donors (Lipinski definition) is 1. The highest BCUT2D eigenvalue weighted by Gasteiger charge is 2.66. The number of hydrogen-bond acceptors (Lipinski definition) is 4. The van der Waals surface area contributed by atoms with Gasteiger partial charge in [-0.15, -0.1) is 0 Å². The molecule has 4 aliphatic rings. The van der Waals surface area contributed by atoms with Crippen molar-refractivity contribution in [2.45, 2.75) is 110 Å². The van der Waals surface area contributed by atoms with Gasteiger partial charge in [0, 0.05) is 47.5 Å². The summed E-state index contributed by atoms with van der Waals surface area (Å²) in [6.07, 6.45) is 10.8. The minimum absolute atomic E-state index is 0.0124. The maximum atomic E-state index is 14.0. The fraction of sp³-hybridized carbons (Fsp3) is 0.625. The minimum Gasteiger partial charge on any atom is -0.355 e. The van der Waals surface area contributed by atoms with Crippen LogP contribution in [0.15, 0.2) is 18.3 Å². The van der Waals surface area contributed by atoms with Gasteiger partial charge in [0.15, 0.2) is 11.6 Å². The Balaban J connectivity index is 1.41. The van der Waals surface area contributed by atoms with Crippen LogP contribution >= 0.6 is 0 Å². The molecular weight excluding hydrogens is 490 g/mol. The molecule has 2 amide bonds. The second kappa shape index (κ2) is 9.90. The number of aromatic nitrogens is 1. The van der Waals surface area contributed by atoms with Gasteiger partial charge in [0.05, 0.1) is 11.6 Å². The van der Waals surface area contributed by atoms with E-state index in [4.69, 9.17) is 0 Å². The van der Waals surface area contributed by atoms with Crippen LogP contribution in [-0.4, -0.2) is 51.5 Å². The summed E-state index contributed by atoms with van der Waals surface area (Å²) in [5.74, 6) is 0.612. The molecule has 2 aromatic rings. The number of amides is 2. The summed E-state index contributed by atoms with van der Waals surface area (Å²) in [4.78, 5) is 54.5. The number of rotatable bonds is 4. The van der Waals surface area contributed by atoms with E-state index in [1.807, 2.05) is 29.5 Å². The zero-order valence-corrected chi connectivity index (χ0v) is 23.6. The molecule has 4 atom stereocenters. The number of Topliss-reactive ketones (excluding diaryl/α,β-unsaturated/α-hetero) is 2. The molecule has 1 N–H and O–H groups in total. The Morgan fingerprint density at radius 2 is 1.87 bits per heavy atom. The first kappa shape index (κ1) is 26.3. The SMILES string of the molecule is CCC(=O)[C@@H]1C[C@]23CNC(=O)[C@@H](C)CCCCCc4cc(C5CC5)cc5c(C(C)=O)cn(c45)CC(=O)N1[C@@H]2C3. The van der Waals surface area contributed by atoms with E-state index in [9.17, 15) is 19.2 Å². The Kier molecular flexibility index (Phi) is 6.67. The van der Waals surface area contributed by atoms with Crippen LogP contribution in [0.4, 0.5) is 0 Å². The summed E-state index contributed by atoms with van der Waals surface area (Å²) in [6.45, 7) is 6.09. The molecule has 2 saturated carbocycles. The monoisotopic (exact) mass is 531 g/mol. The highest BCUT2D eigenvalue weighted by atomic mass is 16.2. The fourth-order valence-corrected chi connectivity index (χ4v) is 7.29. The maximum Gasteiger partial charge on any atom is 0.243 e. The average molecular weight is 532 g/mol. The number of carbonyl (C=O) groups excluding carboxylic acids is 4. The minimum atomic E-state index is -0.440. The second-order valence-electron chi connectivity index (χ2n) is 12.7. The van der Waals surface area contributed by atoms with Crippen molar-refractivity contribution >= 4 is 34.3 Å². The predicted octanol–water partition coefficient (Wildman–Crippen LogP) is 4.93. The lowest BCUT2D eigenvalue weighted by Gasteiger charge is -2.27. The zero-order chi connectivity index (χ0) is 27.5. The summed E-state index contributed by atoms with van der Waals surface area (Å²) in [6, 6.07) is 4.03. The van der Waals surface area contributed by atoms with Crippen LogP contribution in [0, 0.1) is 11.3 Å². The van der Waals surface area contributed by atoms with Crippen molar-refractivity contribution in [2.75, 3.05) is 6.54 Å². The number of piperidine rings is 1. The van der Waals surface area contributed by atoms with Gasteiger partial charge >= 0.3 is 0 Å². The van der Waals surface area contributed by atoms with E-state index >= 15 is 0 Å². The molecule has 0 spiro atoms. The van der Waals surface area contributed by atoms with Crippen molar-refractivity contribution in [3.63, 3.8) is 0 Å². The molecule has 208 valence electrons. The summed E-state index contributed by atoms with van der Waals surface area (Å²) < 4.78 is 1.98. The van der Waals surface area contributed by atoms with E-state index in [2.05, 4.69) is 17.4 Å². The largest absolute Gasteiger partial charge is 0.355 e. The number of aryl methyl sites for hydroxylation is 1. The van der Waals surface area contributed by atoms with Gasteiger partial charge in [-0.25, -0.2) is 0 Å². The van der Waals surface area contributed by atoms with Crippen molar-refractivity contribution in [3.05, 3.63) is 35.0 Å². The molecule has 2 bridgehead atoms. The van der Waals surface area contributed by atoms with Crippen LogP contribution < -0.4 is 5.32 Å². The Bertz CT molecular complexity index is 1350. The summed E-state index contributed by atoms with van der Waals surface area (Å²) in [5.41, 5.74) is 3.97. The van der Waals surface area contributed by atoms with E-state index in [0.29, 0.717) is 30.9 Å². The zero-order valence-electron chi connectivity index (χ0n) is 23.6. The van der Waals surface area contributed by atoms with Crippen LogP contribution in [0.25, 0.3) is 10.9 Å². The van der Waals surface area contributed by atoms with E-state index < -0.39 is 6.04 Å². The second-order valence-corrected chi connectivity index (χ2v) is 12.7. The Hall–Kier alpha value is -2.96. The molecule has 1 aromatic heterocycles. The number of ketones is 2. The molecule has 3 heterocycles. The fourth-order valence-electron chi connectivity index (χ4n) is 7.29. The number of carbonyl (C=O) groups is 4. The molecule has 39 heavy (non-hydrogen) atoms. The van der Waals surface area contributed by atoms with E-state index in [-0.39, 0.29) is 47.3 Å². The van der Waals surface area contributed by atoms with Crippen LogP contribution in [-0.2, 0) is 27.3 Å². The highest BCUT2D eigenvalue weighted by Crippen LogP contribution is 2.59. The predicted molar refractivity (Wildman–Crippen MR) is 150 cm³/mol. The molecule has 7 heteroatoms. The standard InChI is InChI=1S/C32H41N3O4/c1-4-27(37)26-14-32-15-28(32)35(26)29(38)17-34-16-25(20(3)36)24-13-23(21-10-11-21)12-22(30(24)34)9-7-5-6-8-19(2)31(39)33-18-32/h12-13,16,19,21,26,28H,4-11,14-15,17-18H2,1-3H3,(H,33,39)/t19-,26-,28+,32-/m0/s1. The molecule has 0 radical (unpaired) electrons. The van der Waals surface area contributed by atoms with Crippen LogP contribution in [0.1, 0.15) is 106 Å². The number of benzene rings is 1. The third-order valence-electron chi connectivity index (χ3n) is 9.88. The summed E-state index contributed by atoms with van der Waals surface area (Å²) in [7, 11) is 0. The average Bonchev–Trinajstić information content (AvgIpc) is 3.82. The van der Waals surface area contributed by atoms with E-state index in [1.54, 1.807) is 6.92 Å². The molecule has 2 aliphatic carbocycles. The van der Waals surface area contributed by atoms with Crippen LogP contribution in [0.2, 0.25) is 0 Å². The van der Waals surface area contributed by atoms with Crippen molar-refractivity contribution in [1.82, 2.24) is 14.8 Å². The van der Waals surface area contributed by atoms with Gasteiger partial charge in [0.2, 0.25) is 11.8 Å². The molecule has 1 aromatic carbocycles. The Morgan fingerprint density at radius 3 is 2.59 bits per heavy atom. The van der Waals surface area contributed by atoms with Crippen molar-refractivity contribution < 1.29 is 19.2 Å². The van der Waals surface area contributed by atoms with Gasteiger partial charge < -0.3 is 14.8 Å². The summed E-state index contributed by atoms with van der Waals surface area (Å²) in [5, 5.41) is 4.12. The van der Waals surface area contributed by atoms with Crippen LogP contribution in [0.5, 0.6) is 0 Å². The lowest BCUT2D eigenvalue weighted by Crippen LogP contribution is -2.44. The first-order chi connectivity index (χ1) is 18.7. The normalized spacial score (nSPS) is 29.6. The quantitative estimate of drug-likeness (QED) is 0.567. The molecular formula is C32H41N3O4. The highest BCUT2D eigenvalue weighted by molar-refractivity contribution is 6.08. The lowest BCUT2D eigenvalue weighted by atomic mass is 9.95. The topological polar surface area (TPSA) is 88.5 Å². The Labute approximate surface area is 230 Å². The third kappa shape index (κ3) is 4.72. The number of nitrogens with one attached hydrogen (secondary N) is 1. The first-order valence-electron chi connectivity index (χ1n) is 15.0. The van der Waals surface area contributed by atoms with E-state index in [1.165, 1.54) is 24.0 Å². The van der Waals surface area contributed by atoms with Crippen LogP contribution in [0.3, 0.4) is 0 Å². The number of nitrogens with zero attached hydrogens (tertiary/aromatic N) is 2. The smallest absolute Gasteiger partial charge is 0.243 e. The van der Waals surface area contributed by atoms with Gasteiger partial charge in [-0.05, 0) is 75.0 Å². The summed E-state index contributed by atoms with van der Waals surface area (Å²) >= 11 is 0. The third-order valence-corrected chi connectivity index (χ3v) is 9.88. The van der Waals surface area contributed by atoms with Crippen molar-refractivity contribution in [3.8, 4) is 0 Å². The molecule has 2 aliphatic heterocycles. The van der Waals surface area contributed by atoms with Gasteiger partial charge in [0.1, 0.15) is 6.54 Å². The van der Waals surface area contributed by atoms with Gasteiger partial charge in [-0.1, -0.05) is 32.8 Å².